The van der Waals surface area contributed by atoms with Crippen molar-refractivity contribution in [1.82, 2.24) is 19.8 Å². The van der Waals surface area contributed by atoms with Gasteiger partial charge in [-0.25, -0.2) is 9.97 Å². The predicted octanol–water partition coefficient (Wildman–Crippen LogP) is 1.17. The lowest BCUT2D eigenvalue weighted by Gasteiger charge is -2.37. The molecule has 5 rings (SSSR count). The Hall–Kier alpha value is -2.49. The van der Waals surface area contributed by atoms with Gasteiger partial charge in [0.25, 0.3) is 0 Å². The molecule has 0 N–H and O–H groups in total. The molecular weight excluding hydrogens is 410 g/mol. The van der Waals surface area contributed by atoms with E-state index in [4.69, 9.17) is 14.2 Å². The number of rotatable bonds is 6. The number of amides is 1. The number of aromatic nitrogens is 2. The topological polar surface area (TPSA) is 80.3 Å². The average Bonchev–Trinajstić information content (AvgIpc) is 3.25. The van der Waals surface area contributed by atoms with Crippen molar-refractivity contribution in [3.05, 3.63) is 24.5 Å². The zero-order valence-electron chi connectivity index (χ0n) is 18.4. The first kappa shape index (κ1) is 21.4. The molecule has 9 nitrogen and oxygen atoms in total. The maximum atomic E-state index is 12.2. The van der Waals surface area contributed by atoms with Crippen molar-refractivity contribution in [1.29, 1.82) is 0 Å². The Kier molecular flexibility index (Phi) is 6.66. The second-order valence-corrected chi connectivity index (χ2v) is 8.56. The number of nitrogens with zero attached hydrogens (tertiary/aromatic N) is 5. The SMILES string of the molecule is O=C1CCOCCN1CCN1CCN(c2ccc3ncnc(OC4CCOC4)c3c2)CC1. The van der Waals surface area contributed by atoms with Gasteiger partial charge in [-0.3, -0.25) is 9.69 Å². The van der Waals surface area contributed by atoms with Crippen LogP contribution in [0.15, 0.2) is 24.5 Å². The number of piperazine rings is 1. The van der Waals surface area contributed by atoms with Crippen molar-refractivity contribution in [3.63, 3.8) is 0 Å². The lowest BCUT2D eigenvalue weighted by atomic mass is 10.2. The molecule has 9 heteroatoms. The smallest absolute Gasteiger partial charge is 0.225 e. The van der Waals surface area contributed by atoms with E-state index in [0.717, 1.165) is 63.2 Å². The molecule has 1 atom stereocenters. The Morgan fingerprint density at radius 1 is 1.00 bits per heavy atom. The maximum Gasteiger partial charge on any atom is 0.225 e. The van der Waals surface area contributed by atoms with Gasteiger partial charge in [0.1, 0.15) is 12.4 Å². The molecule has 1 unspecified atom stereocenters. The number of benzene rings is 1. The summed E-state index contributed by atoms with van der Waals surface area (Å²) in [6.45, 7) is 8.78. The van der Waals surface area contributed by atoms with Gasteiger partial charge < -0.3 is 24.0 Å². The highest BCUT2D eigenvalue weighted by atomic mass is 16.5. The van der Waals surface area contributed by atoms with Crippen LogP contribution in [0.1, 0.15) is 12.8 Å². The highest BCUT2D eigenvalue weighted by molar-refractivity contribution is 5.86. The Morgan fingerprint density at radius 2 is 1.91 bits per heavy atom. The van der Waals surface area contributed by atoms with E-state index >= 15 is 0 Å². The van der Waals surface area contributed by atoms with Crippen LogP contribution in [0, 0.1) is 0 Å². The zero-order chi connectivity index (χ0) is 21.8. The van der Waals surface area contributed by atoms with Gasteiger partial charge in [0.05, 0.1) is 43.8 Å². The first-order valence-corrected chi connectivity index (χ1v) is 11.6. The minimum absolute atomic E-state index is 0.0583. The maximum absolute atomic E-state index is 12.2. The van der Waals surface area contributed by atoms with E-state index < -0.39 is 0 Å². The Bertz CT molecular complexity index is 928. The van der Waals surface area contributed by atoms with E-state index in [0.29, 0.717) is 38.7 Å². The largest absolute Gasteiger partial charge is 0.471 e. The van der Waals surface area contributed by atoms with Crippen LogP contribution in [-0.4, -0.2) is 104 Å². The monoisotopic (exact) mass is 441 g/mol. The van der Waals surface area contributed by atoms with Crippen LogP contribution in [0.2, 0.25) is 0 Å². The lowest BCUT2D eigenvalue weighted by Crippen LogP contribution is -2.49. The molecule has 3 saturated heterocycles. The summed E-state index contributed by atoms with van der Waals surface area (Å²) in [4.78, 5) is 27.7. The van der Waals surface area contributed by atoms with Gasteiger partial charge in [-0.15, -0.1) is 0 Å². The minimum Gasteiger partial charge on any atom is -0.471 e. The standard InChI is InChI=1S/C23H31N5O4/c29-22-4-13-30-14-11-28(22)10-7-26-5-8-27(9-6-26)18-1-2-21-20(15-18)23(25-17-24-21)32-19-3-12-31-16-19/h1-2,15,17,19H,3-14,16H2. The fourth-order valence-corrected chi connectivity index (χ4v) is 4.52. The van der Waals surface area contributed by atoms with Crippen molar-refractivity contribution >= 4 is 22.5 Å². The number of anilines is 1. The fraction of sp³-hybridized carbons (Fsp3) is 0.609. The molecule has 3 aliphatic rings. The van der Waals surface area contributed by atoms with Crippen LogP contribution in [0.4, 0.5) is 5.69 Å². The van der Waals surface area contributed by atoms with Crippen LogP contribution in [0.5, 0.6) is 5.88 Å². The zero-order valence-corrected chi connectivity index (χ0v) is 18.4. The van der Waals surface area contributed by atoms with E-state index in [2.05, 4.69) is 31.9 Å². The Morgan fingerprint density at radius 3 is 2.75 bits per heavy atom. The molecule has 3 aliphatic heterocycles. The summed E-state index contributed by atoms with van der Waals surface area (Å²) in [7, 11) is 0. The van der Waals surface area contributed by atoms with E-state index in [1.807, 2.05) is 11.0 Å². The van der Waals surface area contributed by atoms with E-state index in [9.17, 15) is 4.79 Å². The summed E-state index contributed by atoms with van der Waals surface area (Å²) in [6, 6.07) is 6.32. The number of hydrogen-bond donors (Lipinski definition) is 0. The number of hydrogen-bond acceptors (Lipinski definition) is 8. The first-order chi connectivity index (χ1) is 15.8. The number of ether oxygens (including phenoxy) is 3. The van der Waals surface area contributed by atoms with Crippen LogP contribution in [0.3, 0.4) is 0 Å². The molecule has 4 heterocycles. The van der Waals surface area contributed by atoms with Gasteiger partial charge in [-0.1, -0.05) is 0 Å². The van der Waals surface area contributed by atoms with Gasteiger partial charge in [0.2, 0.25) is 11.8 Å². The summed E-state index contributed by atoms with van der Waals surface area (Å²) in [5.41, 5.74) is 2.06. The highest BCUT2D eigenvalue weighted by Crippen LogP contribution is 2.28. The molecule has 172 valence electrons. The molecule has 1 aromatic carbocycles. The second-order valence-electron chi connectivity index (χ2n) is 8.56. The molecule has 2 aromatic rings. The second kappa shape index (κ2) is 9.97. The van der Waals surface area contributed by atoms with Crippen LogP contribution in [0.25, 0.3) is 10.9 Å². The van der Waals surface area contributed by atoms with E-state index in [1.54, 1.807) is 6.33 Å². The first-order valence-electron chi connectivity index (χ1n) is 11.6. The summed E-state index contributed by atoms with van der Waals surface area (Å²) in [5, 5.41) is 0.946. The summed E-state index contributed by atoms with van der Waals surface area (Å²) in [5.74, 6) is 0.846. The minimum atomic E-state index is 0.0583. The van der Waals surface area contributed by atoms with Crippen LogP contribution >= 0.6 is 0 Å². The van der Waals surface area contributed by atoms with Crippen molar-refractivity contribution < 1.29 is 19.0 Å². The summed E-state index contributed by atoms with van der Waals surface area (Å²) in [6.07, 6.45) is 3.01. The third-order valence-electron chi connectivity index (χ3n) is 6.49. The van der Waals surface area contributed by atoms with Gasteiger partial charge in [-0.2, -0.15) is 0 Å². The molecule has 0 spiro atoms. The Labute approximate surface area is 188 Å². The normalized spacial score (nSPS) is 23.0. The molecule has 3 fully saturated rings. The predicted molar refractivity (Wildman–Crippen MR) is 120 cm³/mol. The molecule has 1 aromatic heterocycles. The number of carbonyl (C=O) groups is 1. The van der Waals surface area contributed by atoms with Gasteiger partial charge in [0.15, 0.2) is 0 Å². The van der Waals surface area contributed by atoms with Gasteiger partial charge in [0, 0.05) is 57.9 Å². The van der Waals surface area contributed by atoms with Crippen LogP contribution < -0.4 is 9.64 Å². The van der Waals surface area contributed by atoms with Crippen molar-refractivity contribution in [2.24, 2.45) is 0 Å². The number of carbonyl (C=O) groups excluding carboxylic acids is 1. The number of fused-ring (bicyclic) bond motifs is 1. The van der Waals surface area contributed by atoms with Crippen LogP contribution in [-0.2, 0) is 14.3 Å². The van der Waals surface area contributed by atoms with Crippen molar-refractivity contribution in [2.75, 3.05) is 77.1 Å². The molecule has 1 amide bonds. The highest BCUT2D eigenvalue weighted by Gasteiger charge is 2.22. The molecule has 0 radical (unpaired) electrons. The molecule has 0 bridgehead atoms. The van der Waals surface area contributed by atoms with Crippen molar-refractivity contribution in [2.45, 2.75) is 18.9 Å². The van der Waals surface area contributed by atoms with Crippen molar-refractivity contribution in [3.8, 4) is 5.88 Å². The quantitative estimate of drug-likeness (QED) is 0.661. The summed E-state index contributed by atoms with van der Waals surface area (Å²) >= 11 is 0. The summed E-state index contributed by atoms with van der Waals surface area (Å²) < 4.78 is 17.0. The molecule has 32 heavy (non-hydrogen) atoms. The molecular formula is C23H31N5O4. The third kappa shape index (κ3) is 4.95. The van der Waals surface area contributed by atoms with Gasteiger partial charge >= 0.3 is 0 Å². The Balaban J connectivity index is 1.19. The average molecular weight is 442 g/mol. The molecule has 0 aliphatic carbocycles. The van der Waals surface area contributed by atoms with E-state index in [-0.39, 0.29) is 12.0 Å². The molecule has 0 saturated carbocycles. The van der Waals surface area contributed by atoms with E-state index in [1.165, 1.54) is 5.69 Å². The van der Waals surface area contributed by atoms with Gasteiger partial charge in [-0.05, 0) is 18.2 Å². The fourth-order valence-electron chi connectivity index (χ4n) is 4.52. The lowest BCUT2D eigenvalue weighted by molar-refractivity contribution is -0.130. The third-order valence-corrected chi connectivity index (χ3v) is 6.49.